The molecule has 1 amide bonds. The molecule has 1 aromatic carbocycles. The molecule has 0 aliphatic carbocycles. The van der Waals surface area contributed by atoms with Crippen LogP contribution in [0.4, 0.5) is 5.13 Å². The third-order valence-corrected chi connectivity index (χ3v) is 5.99. The van der Waals surface area contributed by atoms with Crippen LogP contribution in [-0.2, 0) is 27.3 Å². The Balaban J connectivity index is 1.25. The number of aromatic nitrogens is 3. The molecule has 0 saturated carbocycles. The number of fused-ring (bicyclic) bond motifs is 1. The number of carbonyl (C=O) groups excluding carboxylic acids is 2. The predicted octanol–water partition coefficient (Wildman–Crippen LogP) is 2.98. The van der Waals surface area contributed by atoms with E-state index in [0.717, 1.165) is 49.3 Å². The fourth-order valence-corrected chi connectivity index (χ4v) is 4.37. The monoisotopic (exact) mass is 427 g/mol. The normalized spacial score (nSPS) is 15.4. The van der Waals surface area contributed by atoms with E-state index in [1.54, 1.807) is 12.3 Å². The molecule has 3 aromatic rings. The van der Waals surface area contributed by atoms with Crippen molar-refractivity contribution in [2.45, 2.75) is 32.7 Å². The Hall–Kier alpha value is -2.78. The third-order valence-electron chi connectivity index (χ3n) is 5.18. The number of H-pyrrole nitrogens is 1. The molecule has 9 heteroatoms. The van der Waals surface area contributed by atoms with Crippen LogP contribution < -0.4 is 5.32 Å². The first-order valence-corrected chi connectivity index (χ1v) is 11.1. The van der Waals surface area contributed by atoms with E-state index in [1.165, 1.54) is 11.3 Å². The first kappa shape index (κ1) is 20.5. The van der Waals surface area contributed by atoms with E-state index in [9.17, 15) is 9.59 Å². The van der Waals surface area contributed by atoms with Crippen molar-refractivity contribution in [1.29, 1.82) is 0 Å². The average Bonchev–Trinajstić information content (AvgIpc) is 3.34. The summed E-state index contributed by atoms with van der Waals surface area (Å²) in [7, 11) is 0. The standard InChI is InChI=1S/C21H25N5O3S/c1-2-29-19(27)11-15-13-30-21(22-15)25-20(28)14-7-9-26(10-8-14)12-18-23-16-5-3-4-6-17(16)24-18/h3-6,13-14H,2,7-12H2,1H3,(H,23,24)(H,22,25,28). The summed E-state index contributed by atoms with van der Waals surface area (Å²) in [6, 6.07) is 8.01. The van der Waals surface area contributed by atoms with E-state index in [2.05, 4.69) is 25.2 Å². The maximum Gasteiger partial charge on any atom is 0.311 e. The van der Waals surface area contributed by atoms with Crippen LogP contribution >= 0.6 is 11.3 Å². The molecule has 8 nitrogen and oxygen atoms in total. The lowest BCUT2D eigenvalue weighted by Gasteiger charge is -2.30. The molecule has 30 heavy (non-hydrogen) atoms. The number of esters is 1. The molecule has 0 radical (unpaired) electrons. The number of thiazole rings is 1. The number of para-hydroxylation sites is 2. The summed E-state index contributed by atoms with van der Waals surface area (Å²) in [5.74, 6) is 0.610. The highest BCUT2D eigenvalue weighted by molar-refractivity contribution is 7.13. The van der Waals surface area contributed by atoms with Gasteiger partial charge in [-0.1, -0.05) is 12.1 Å². The summed E-state index contributed by atoms with van der Waals surface area (Å²) in [5.41, 5.74) is 2.65. The smallest absolute Gasteiger partial charge is 0.311 e. The van der Waals surface area contributed by atoms with Gasteiger partial charge < -0.3 is 15.0 Å². The highest BCUT2D eigenvalue weighted by Gasteiger charge is 2.26. The summed E-state index contributed by atoms with van der Waals surface area (Å²) >= 11 is 1.33. The molecule has 158 valence electrons. The molecule has 1 aliphatic heterocycles. The van der Waals surface area contributed by atoms with Gasteiger partial charge >= 0.3 is 5.97 Å². The van der Waals surface area contributed by atoms with Crippen molar-refractivity contribution in [2.75, 3.05) is 25.0 Å². The Morgan fingerprint density at radius 2 is 2.07 bits per heavy atom. The number of hydrogen-bond donors (Lipinski definition) is 2. The second kappa shape index (κ2) is 9.36. The van der Waals surface area contributed by atoms with Gasteiger partial charge in [0.25, 0.3) is 0 Å². The first-order chi connectivity index (χ1) is 14.6. The largest absolute Gasteiger partial charge is 0.466 e. The van der Waals surface area contributed by atoms with Crippen molar-refractivity contribution in [3.05, 3.63) is 41.2 Å². The summed E-state index contributed by atoms with van der Waals surface area (Å²) in [6.07, 6.45) is 1.72. The Kier molecular flexibility index (Phi) is 6.39. The minimum absolute atomic E-state index is 0.00424. The lowest BCUT2D eigenvalue weighted by atomic mass is 9.96. The van der Waals surface area contributed by atoms with Crippen LogP contribution in [0.15, 0.2) is 29.6 Å². The second-order valence-electron chi connectivity index (χ2n) is 7.37. The molecule has 2 aromatic heterocycles. The molecule has 1 saturated heterocycles. The molecule has 1 aliphatic rings. The number of imidazole rings is 1. The highest BCUT2D eigenvalue weighted by Crippen LogP contribution is 2.23. The molecule has 0 atom stereocenters. The van der Waals surface area contributed by atoms with Crippen LogP contribution in [0.1, 0.15) is 31.3 Å². The number of nitrogens with one attached hydrogen (secondary N) is 2. The van der Waals surface area contributed by atoms with Gasteiger partial charge in [-0.2, -0.15) is 0 Å². The van der Waals surface area contributed by atoms with Crippen molar-refractivity contribution in [2.24, 2.45) is 5.92 Å². The first-order valence-electron chi connectivity index (χ1n) is 10.2. The Labute approximate surface area is 178 Å². The minimum atomic E-state index is -0.308. The number of hydrogen-bond acceptors (Lipinski definition) is 7. The van der Waals surface area contributed by atoms with Crippen LogP contribution in [0.25, 0.3) is 11.0 Å². The zero-order chi connectivity index (χ0) is 20.9. The second-order valence-corrected chi connectivity index (χ2v) is 8.22. The molecule has 0 unspecified atom stereocenters. The van der Waals surface area contributed by atoms with Gasteiger partial charge in [-0.05, 0) is 45.0 Å². The topological polar surface area (TPSA) is 100 Å². The van der Waals surface area contributed by atoms with Crippen molar-refractivity contribution < 1.29 is 14.3 Å². The number of benzene rings is 1. The average molecular weight is 428 g/mol. The van der Waals surface area contributed by atoms with E-state index in [4.69, 9.17) is 4.74 Å². The number of amides is 1. The van der Waals surface area contributed by atoms with Gasteiger partial charge in [0.1, 0.15) is 5.82 Å². The maximum absolute atomic E-state index is 12.6. The molecule has 4 rings (SSSR count). The van der Waals surface area contributed by atoms with Crippen molar-refractivity contribution in [3.63, 3.8) is 0 Å². The number of aromatic amines is 1. The van der Waals surface area contributed by atoms with Crippen LogP contribution in [0.3, 0.4) is 0 Å². The Morgan fingerprint density at radius 1 is 1.27 bits per heavy atom. The number of nitrogens with zero attached hydrogens (tertiary/aromatic N) is 3. The Morgan fingerprint density at radius 3 is 2.83 bits per heavy atom. The van der Waals surface area contributed by atoms with E-state index < -0.39 is 0 Å². The molecule has 3 heterocycles. The van der Waals surface area contributed by atoms with Gasteiger partial charge in [0.15, 0.2) is 5.13 Å². The number of piperidine rings is 1. The summed E-state index contributed by atoms with van der Waals surface area (Å²) in [4.78, 5) is 38.8. The molecule has 1 fully saturated rings. The van der Waals surface area contributed by atoms with Crippen molar-refractivity contribution in [3.8, 4) is 0 Å². The number of likely N-dealkylation sites (tertiary alicyclic amines) is 1. The van der Waals surface area contributed by atoms with Gasteiger partial charge in [-0.3, -0.25) is 14.5 Å². The third kappa shape index (κ3) is 5.03. The lowest BCUT2D eigenvalue weighted by Crippen LogP contribution is -2.38. The predicted molar refractivity (Wildman–Crippen MR) is 115 cm³/mol. The van der Waals surface area contributed by atoms with Gasteiger partial charge in [-0.15, -0.1) is 11.3 Å². The van der Waals surface area contributed by atoms with E-state index in [1.807, 2.05) is 24.3 Å². The molecule has 0 bridgehead atoms. The van der Waals surface area contributed by atoms with Crippen molar-refractivity contribution >= 4 is 39.4 Å². The van der Waals surface area contributed by atoms with E-state index in [-0.39, 0.29) is 24.2 Å². The zero-order valence-corrected chi connectivity index (χ0v) is 17.7. The van der Waals surface area contributed by atoms with Crippen LogP contribution in [0.5, 0.6) is 0 Å². The number of ether oxygens (including phenoxy) is 1. The molecular formula is C21H25N5O3S. The van der Waals surface area contributed by atoms with E-state index in [0.29, 0.717) is 17.4 Å². The quantitative estimate of drug-likeness (QED) is 0.562. The van der Waals surface area contributed by atoms with Crippen LogP contribution in [-0.4, -0.2) is 51.4 Å². The molecular weight excluding hydrogens is 402 g/mol. The highest BCUT2D eigenvalue weighted by atomic mass is 32.1. The van der Waals surface area contributed by atoms with Crippen LogP contribution in [0, 0.1) is 5.92 Å². The van der Waals surface area contributed by atoms with Gasteiger partial charge in [-0.25, -0.2) is 9.97 Å². The number of carbonyl (C=O) groups is 2. The fourth-order valence-electron chi connectivity index (χ4n) is 3.66. The molecule has 2 N–H and O–H groups in total. The lowest BCUT2D eigenvalue weighted by molar-refractivity contribution is -0.142. The SMILES string of the molecule is CCOC(=O)Cc1csc(NC(=O)C2CCN(Cc3nc4ccccc4[nH]3)CC2)n1. The van der Waals surface area contributed by atoms with Gasteiger partial charge in [0.2, 0.25) is 5.91 Å². The van der Waals surface area contributed by atoms with E-state index >= 15 is 0 Å². The van der Waals surface area contributed by atoms with Gasteiger partial charge in [0.05, 0.1) is 36.3 Å². The minimum Gasteiger partial charge on any atom is -0.466 e. The zero-order valence-electron chi connectivity index (χ0n) is 16.9. The summed E-state index contributed by atoms with van der Waals surface area (Å²) in [5, 5.41) is 5.21. The maximum atomic E-state index is 12.6. The number of anilines is 1. The fraction of sp³-hybridized carbons (Fsp3) is 0.429. The summed E-state index contributed by atoms with van der Waals surface area (Å²) < 4.78 is 4.93. The molecule has 0 spiro atoms. The van der Waals surface area contributed by atoms with Gasteiger partial charge in [0, 0.05) is 11.3 Å². The number of rotatable bonds is 7. The summed E-state index contributed by atoms with van der Waals surface area (Å²) in [6.45, 7) is 4.57. The van der Waals surface area contributed by atoms with Crippen LogP contribution in [0.2, 0.25) is 0 Å². The Bertz CT molecular complexity index is 990. The van der Waals surface area contributed by atoms with Crippen molar-refractivity contribution in [1.82, 2.24) is 19.9 Å².